The van der Waals surface area contributed by atoms with Crippen LogP contribution >= 0.6 is 11.6 Å². The summed E-state index contributed by atoms with van der Waals surface area (Å²) in [5.74, 6) is 0. The van der Waals surface area contributed by atoms with Gasteiger partial charge in [-0.1, -0.05) is 11.6 Å². The van der Waals surface area contributed by atoms with Crippen molar-refractivity contribution in [3.63, 3.8) is 0 Å². The molecule has 0 saturated heterocycles. The number of halogens is 1. The lowest BCUT2D eigenvalue weighted by Gasteiger charge is -2.05. The topological polar surface area (TPSA) is 52.0 Å². The largest absolute Gasteiger partial charge is 0.443 e. The van der Waals surface area contributed by atoms with Crippen LogP contribution in [-0.2, 0) is 6.42 Å². The van der Waals surface area contributed by atoms with Crippen LogP contribution in [0, 0.1) is 0 Å². The Morgan fingerprint density at radius 2 is 2.36 bits per heavy atom. The van der Waals surface area contributed by atoms with Crippen molar-refractivity contribution in [2.45, 2.75) is 19.4 Å². The number of nitrogens with two attached hydrogens (primary N) is 1. The minimum Gasteiger partial charge on any atom is -0.443 e. The first-order valence-corrected chi connectivity index (χ1v) is 4.82. The predicted molar refractivity (Wildman–Crippen MR) is 56.4 cm³/mol. The Morgan fingerprint density at radius 3 is 3.07 bits per heavy atom. The molecule has 2 rings (SSSR count). The molecule has 74 valence electrons. The zero-order valence-corrected chi connectivity index (χ0v) is 8.58. The molecule has 0 aliphatic carbocycles. The third-order valence-electron chi connectivity index (χ3n) is 2.02. The monoisotopic (exact) mass is 210 g/mol. The molecule has 1 heterocycles. The first-order chi connectivity index (χ1) is 6.66. The highest BCUT2D eigenvalue weighted by Gasteiger charge is 2.08. The standard InChI is InChI=1S/C10H11ClN2O/c1-6(12)2-7-3-8(11)4-9-10(7)14-5-13-9/h3-6H,2,12H2,1H3. The second-order valence-corrected chi connectivity index (χ2v) is 3.88. The van der Waals surface area contributed by atoms with Crippen molar-refractivity contribution in [2.75, 3.05) is 0 Å². The predicted octanol–water partition coefficient (Wildman–Crippen LogP) is 2.37. The summed E-state index contributed by atoms with van der Waals surface area (Å²) in [6.07, 6.45) is 2.16. The van der Waals surface area contributed by atoms with Gasteiger partial charge in [-0.3, -0.25) is 0 Å². The molecule has 0 saturated carbocycles. The Balaban J connectivity index is 2.55. The lowest BCUT2D eigenvalue weighted by atomic mass is 10.1. The molecule has 0 amide bonds. The summed E-state index contributed by atoms with van der Waals surface area (Å²) >= 11 is 5.94. The number of rotatable bonds is 2. The van der Waals surface area contributed by atoms with Crippen molar-refractivity contribution >= 4 is 22.7 Å². The SMILES string of the molecule is CC(N)Cc1cc(Cl)cc2ncoc12. The van der Waals surface area contributed by atoms with Gasteiger partial charge in [-0.05, 0) is 25.5 Å². The van der Waals surface area contributed by atoms with Crippen LogP contribution in [0.15, 0.2) is 22.9 Å². The molecule has 0 spiro atoms. The number of aromatic nitrogens is 1. The third kappa shape index (κ3) is 1.74. The van der Waals surface area contributed by atoms with Gasteiger partial charge in [0.15, 0.2) is 12.0 Å². The molecule has 1 aromatic heterocycles. The highest BCUT2D eigenvalue weighted by atomic mass is 35.5. The highest BCUT2D eigenvalue weighted by Crippen LogP contribution is 2.23. The van der Waals surface area contributed by atoms with Crippen LogP contribution in [0.2, 0.25) is 5.02 Å². The smallest absolute Gasteiger partial charge is 0.181 e. The van der Waals surface area contributed by atoms with Crippen LogP contribution in [0.5, 0.6) is 0 Å². The first kappa shape index (κ1) is 9.49. The van der Waals surface area contributed by atoms with E-state index in [1.54, 1.807) is 6.07 Å². The molecule has 1 aromatic carbocycles. The van der Waals surface area contributed by atoms with E-state index in [0.29, 0.717) is 5.02 Å². The van der Waals surface area contributed by atoms with Gasteiger partial charge in [0, 0.05) is 16.6 Å². The first-order valence-electron chi connectivity index (χ1n) is 4.44. The number of oxazole rings is 1. The maximum atomic E-state index is 5.94. The van der Waals surface area contributed by atoms with Crippen molar-refractivity contribution in [1.29, 1.82) is 0 Å². The van der Waals surface area contributed by atoms with Gasteiger partial charge < -0.3 is 10.2 Å². The summed E-state index contributed by atoms with van der Waals surface area (Å²) in [5.41, 5.74) is 8.31. The molecule has 0 bridgehead atoms. The maximum Gasteiger partial charge on any atom is 0.181 e. The van der Waals surface area contributed by atoms with Crippen molar-refractivity contribution < 1.29 is 4.42 Å². The van der Waals surface area contributed by atoms with E-state index in [4.69, 9.17) is 21.8 Å². The van der Waals surface area contributed by atoms with Gasteiger partial charge in [0.1, 0.15) is 5.52 Å². The molecule has 3 nitrogen and oxygen atoms in total. The van der Waals surface area contributed by atoms with E-state index >= 15 is 0 Å². The average molecular weight is 211 g/mol. The zero-order valence-electron chi connectivity index (χ0n) is 7.83. The molecule has 2 N–H and O–H groups in total. The van der Waals surface area contributed by atoms with Crippen LogP contribution in [-0.4, -0.2) is 11.0 Å². The zero-order chi connectivity index (χ0) is 10.1. The maximum absolute atomic E-state index is 5.94. The number of fused-ring (bicyclic) bond motifs is 1. The van der Waals surface area contributed by atoms with E-state index in [9.17, 15) is 0 Å². The van der Waals surface area contributed by atoms with E-state index in [0.717, 1.165) is 23.1 Å². The molecule has 1 unspecified atom stereocenters. The Morgan fingerprint density at radius 1 is 1.57 bits per heavy atom. The van der Waals surface area contributed by atoms with Gasteiger partial charge in [0.2, 0.25) is 0 Å². The van der Waals surface area contributed by atoms with Gasteiger partial charge in [-0.2, -0.15) is 0 Å². The number of nitrogens with zero attached hydrogens (tertiary/aromatic N) is 1. The molecule has 0 aliphatic heterocycles. The molecule has 0 fully saturated rings. The summed E-state index contributed by atoms with van der Waals surface area (Å²) in [7, 11) is 0. The Labute approximate surface area is 86.9 Å². The quantitative estimate of drug-likeness (QED) is 0.828. The fourth-order valence-electron chi connectivity index (χ4n) is 1.50. The third-order valence-corrected chi connectivity index (χ3v) is 2.23. The van der Waals surface area contributed by atoms with Gasteiger partial charge in [-0.25, -0.2) is 4.98 Å². The highest BCUT2D eigenvalue weighted by molar-refractivity contribution is 6.31. The van der Waals surface area contributed by atoms with E-state index in [-0.39, 0.29) is 6.04 Å². The van der Waals surface area contributed by atoms with Crippen LogP contribution in [0.1, 0.15) is 12.5 Å². The van der Waals surface area contributed by atoms with Crippen molar-refractivity contribution in [3.8, 4) is 0 Å². The van der Waals surface area contributed by atoms with E-state index in [1.807, 2.05) is 13.0 Å². The summed E-state index contributed by atoms with van der Waals surface area (Å²) in [4.78, 5) is 4.06. The second-order valence-electron chi connectivity index (χ2n) is 3.45. The van der Waals surface area contributed by atoms with Gasteiger partial charge >= 0.3 is 0 Å². The average Bonchev–Trinajstić information content (AvgIpc) is 2.50. The van der Waals surface area contributed by atoms with E-state index in [1.165, 1.54) is 6.39 Å². The summed E-state index contributed by atoms with van der Waals surface area (Å²) in [6, 6.07) is 3.74. The van der Waals surface area contributed by atoms with Gasteiger partial charge in [-0.15, -0.1) is 0 Å². The summed E-state index contributed by atoms with van der Waals surface area (Å²) in [5, 5.41) is 0.669. The molecule has 0 radical (unpaired) electrons. The van der Waals surface area contributed by atoms with Crippen LogP contribution < -0.4 is 5.73 Å². The minimum atomic E-state index is 0.0850. The summed E-state index contributed by atoms with van der Waals surface area (Å²) < 4.78 is 5.28. The molecule has 1 atom stereocenters. The Bertz CT molecular complexity index is 450. The summed E-state index contributed by atoms with van der Waals surface area (Å²) in [6.45, 7) is 1.95. The normalized spacial score (nSPS) is 13.4. The van der Waals surface area contributed by atoms with E-state index in [2.05, 4.69) is 4.98 Å². The van der Waals surface area contributed by atoms with Crippen molar-refractivity contribution in [1.82, 2.24) is 4.98 Å². The van der Waals surface area contributed by atoms with E-state index < -0.39 is 0 Å². The number of hydrogen-bond donors (Lipinski definition) is 1. The van der Waals surface area contributed by atoms with Crippen LogP contribution in [0.25, 0.3) is 11.1 Å². The van der Waals surface area contributed by atoms with Crippen molar-refractivity contribution in [2.24, 2.45) is 5.73 Å². The Kier molecular flexibility index (Phi) is 2.44. The number of benzene rings is 1. The molecule has 0 aliphatic rings. The van der Waals surface area contributed by atoms with Crippen LogP contribution in [0.3, 0.4) is 0 Å². The molecule has 2 aromatic rings. The van der Waals surface area contributed by atoms with Gasteiger partial charge in [0.25, 0.3) is 0 Å². The molecule has 4 heteroatoms. The molecular formula is C10H11ClN2O. The van der Waals surface area contributed by atoms with Crippen molar-refractivity contribution in [3.05, 3.63) is 29.1 Å². The molecule has 14 heavy (non-hydrogen) atoms. The second kappa shape index (κ2) is 3.59. The Hall–Kier alpha value is -1.06. The molecular weight excluding hydrogens is 200 g/mol. The number of hydrogen-bond acceptors (Lipinski definition) is 3. The lowest BCUT2D eigenvalue weighted by Crippen LogP contribution is -2.17. The van der Waals surface area contributed by atoms with Gasteiger partial charge in [0.05, 0.1) is 0 Å². The lowest BCUT2D eigenvalue weighted by molar-refractivity contribution is 0.594. The minimum absolute atomic E-state index is 0.0850. The fourth-order valence-corrected chi connectivity index (χ4v) is 1.74. The fraction of sp³-hybridized carbons (Fsp3) is 0.300. The van der Waals surface area contributed by atoms with Crippen LogP contribution in [0.4, 0.5) is 0 Å².